The van der Waals surface area contributed by atoms with Crippen LogP contribution in [0.1, 0.15) is 52.0 Å². The second kappa shape index (κ2) is 8.93. The van der Waals surface area contributed by atoms with Crippen molar-refractivity contribution in [1.82, 2.24) is 9.21 Å². The lowest BCUT2D eigenvalue weighted by atomic mass is 9.88. The fraction of sp³-hybridized carbons (Fsp3) is 0.417. The van der Waals surface area contributed by atoms with Gasteiger partial charge in [0.1, 0.15) is 0 Å². The molecule has 0 radical (unpaired) electrons. The molecule has 2 aliphatic rings. The van der Waals surface area contributed by atoms with Crippen molar-refractivity contribution in [3.8, 4) is 0 Å². The molecule has 2 fully saturated rings. The van der Waals surface area contributed by atoms with Gasteiger partial charge in [0, 0.05) is 43.2 Å². The second-order valence-electron chi connectivity index (χ2n) is 8.38. The van der Waals surface area contributed by atoms with E-state index >= 15 is 0 Å². The van der Waals surface area contributed by atoms with E-state index in [9.17, 15) is 18.0 Å². The van der Waals surface area contributed by atoms with Crippen LogP contribution in [0.2, 0.25) is 0 Å². The number of sulfonamides is 1. The lowest BCUT2D eigenvalue weighted by Crippen LogP contribution is -2.40. The largest absolute Gasteiger partial charge is 0.339 e. The minimum atomic E-state index is -3.57. The van der Waals surface area contributed by atoms with Gasteiger partial charge >= 0.3 is 0 Å². The molecule has 2 saturated heterocycles. The third kappa shape index (κ3) is 4.43. The number of carbonyl (C=O) groups excluding carboxylic acids is 2. The van der Waals surface area contributed by atoms with Gasteiger partial charge in [0.15, 0.2) is 5.78 Å². The van der Waals surface area contributed by atoms with Gasteiger partial charge in [-0.15, -0.1) is 0 Å². The molecule has 0 spiro atoms. The van der Waals surface area contributed by atoms with Crippen molar-refractivity contribution in [2.45, 2.75) is 37.5 Å². The quantitative estimate of drug-likeness (QED) is 0.667. The van der Waals surface area contributed by atoms with Crippen LogP contribution in [-0.2, 0) is 10.0 Å². The first-order chi connectivity index (χ1) is 14.9. The molecular formula is C24H28N2O4S. The van der Waals surface area contributed by atoms with E-state index < -0.39 is 10.0 Å². The Bertz CT molecular complexity index is 1070. The Morgan fingerprint density at radius 2 is 1.55 bits per heavy atom. The zero-order chi connectivity index (χ0) is 22.0. The number of rotatable bonds is 5. The molecule has 1 amide bonds. The van der Waals surface area contributed by atoms with Gasteiger partial charge in [0.2, 0.25) is 10.0 Å². The average molecular weight is 441 g/mol. The first-order valence-corrected chi connectivity index (χ1v) is 12.3. The number of hydrogen-bond donors (Lipinski definition) is 0. The molecule has 2 aliphatic heterocycles. The Balaban J connectivity index is 1.47. The predicted molar refractivity (Wildman–Crippen MR) is 119 cm³/mol. The Morgan fingerprint density at radius 3 is 2.19 bits per heavy atom. The first-order valence-electron chi connectivity index (χ1n) is 10.9. The topological polar surface area (TPSA) is 74.8 Å². The summed E-state index contributed by atoms with van der Waals surface area (Å²) >= 11 is 0. The minimum absolute atomic E-state index is 0.0885. The van der Waals surface area contributed by atoms with Crippen molar-refractivity contribution < 1.29 is 18.0 Å². The molecule has 164 valence electrons. The van der Waals surface area contributed by atoms with Crippen molar-refractivity contribution in [1.29, 1.82) is 0 Å². The van der Waals surface area contributed by atoms with E-state index in [1.807, 2.05) is 37.3 Å². The summed E-state index contributed by atoms with van der Waals surface area (Å²) < 4.78 is 27.3. The number of carbonyl (C=O) groups is 2. The zero-order valence-corrected chi connectivity index (χ0v) is 18.6. The summed E-state index contributed by atoms with van der Waals surface area (Å²) in [6.45, 7) is 3.87. The summed E-state index contributed by atoms with van der Waals surface area (Å²) in [6.07, 6.45) is 2.97. The Labute approximate surface area is 183 Å². The maximum Gasteiger partial charge on any atom is 0.254 e. The third-order valence-corrected chi connectivity index (χ3v) is 8.25. The van der Waals surface area contributed by atoms with E-state index in [1.165, 1.54) is 10.4 Å². The molecule has 0 atom stereocenters. The molecule has 0 bridgehead atoms. The number of Topliss-reactive ketones (excluding diaryl/α,β-unsaturated/α-hetero) is 1. The summed E-state index contributed by atoms with van der Waals surface area (Å²) in [6, 6.07) is 14.1. The lowest BCUT2D eigenvalue weighted by molar-refractivity contribution is 0.0649. The van der Waals surface area contributed by atoms with Crippen LogP contribution in [0, 0.1) is 12.8 Å². The Kier molecular flexibility index (Phi) is 6.25. The molecule has 2 aromatic rings. The fourth-order valence-corrected chi connectivity index (χ4v) is 5.97. The van der Waals surface area contributed by atoms with Gasteiger partial charge < -0.3 is 4.90 Å². The van der Waals surface area contributed by atoms with Gasteiger partial charge in [-0.25, -0.2) is 8.42 Å². The normalized spacial score (nSPS) is 18.3. The van der Waals surface area contributed by atoms with Gasteiger partial charge in [-0.05, 0) is 50.3 Å². The van der Waals surface area contributed by atoms with Crippen molar-refractivity contribution in [2.75, 3.05) is 26.2 Å². The van der Waals surface area contributed by atoms with Gasteiger partial charge in [-0.1, -0.05) is 36.4 Å². The molecule has 2 aromatic carbocycles. The maximum atomic E-state index is 13.2. The minimum Gasteiger partial charge on any atom is -0.339 e. The highest BCUT2D eigenvalue weighted by molar-refractivity contribution is 7.89. The smallest absolute Gasteiger partial charge is 0.254 e. The van der Waals surface area contributed by atoms with E-state index in [2.05, 4.69) is 0 Å². The number of hydrogen-bond acceptors (Lipinski definition) is 4. The molecule has 6 nitrogen and oxygen atoms in total. The number of ketones is 1. The molecule has 0 aliphatic carbocycles. The van der Waals surface area contributed by atoms with Crippen LogP contribution in [0.15, 0.2) is 53.4 Å². The monoisotopic (exact) mass is 440 g/mol. The van der Waals surface area contributed by atoms with Crippen molar-refractivity contribution in [3.63, 3.8) is 0 Å². The molecule has 0 saturated carbocycles. The molecular weight excluding hydrogens is 412 g/mol. The van der Waals surface area contributed by atoms with Crippen molar-refractivity contribution in [3.05, 3.63) is 65.2 Å². The summed E-state index contributed by atoms with van der Waals surface area (Å²) in [5, 5.41) is 0. The molecule has 7 heteroatoms. The molecule has 0 unspecified atom stereocenters. The number of piperidine rings is 1. The van der Waals surface area contributed by atoms with E-state index in [1.54, 1.807) is 17.0 Å². The number of aryl methyl sites for hydroxylation is 1. The van der Waals surface area contributed by atoms with E-state index in [-0.39, 0.29) is 22.5 Å². The lowest BCUT2D eigenvalue weighted by Gasteiger charge is -2.32. The van der Waals surface area contributed by atoms with Crippen LogP contribution in [0.25, 0.3) is 0 Å². The number of nitrogens with zero attached hydrogens (tertiary/aromatic N) is 2. The summed E-state index contributed by atoms with van der Waals surface area (Å²) in [4.78, 5) is 27.8. The van der Waals surface area contributed by atoms with Gasteiger partial charge in [-0.3, -0.25) is 9.59 Å². The third-order valence-electron chi connectivity index (χ3n) is 6.35. The van der Waals surface area contributed by atoms with Crippen LogP contribution in [0.4, 0.5) is 0 Å². The zero-order valence-electron chi connectivity index (χ0n) is 17.8. The summed E-state index contributed by atoms with van der Waals surface area (Å²) in [5.74, 6) is -0.126. The van der Waals surface area contributed by atoms with Crippen LogP contribution in [0.3, 0.4) is 0 Å². The second-order valence-corrected chi connectivity index (χ2v) is 10.3. The highest BCUT2D eigenvalue weighted by atomic mass is 32.2. The first kappa shape index (κ1) is 21.7. The highest BCUT2D eigenvalue weighted by Crippen LogP contribution is 2.26. The Morgan fingerprint density at radius 1 is 0.903 bits per heavy atom. The van der Waals surface area contributed by atoms with Gasteiger partial charge in [0.05, 0.1) is 4.90 Å². The number of amides is 1. The van der Waals surface area contributed by atoms with Gasteiger partial charge in [-0.2, -0.15) is 4.31 Å². The number of benzene rings is 2. The van der Waals surface area contributed by atoms with Crippen molar-refractivity contribution >= 4 is 21.7 Å². The highest BCUT2D eigenvalue weighted by Gasteiger charge is 2.31. The van der Waals surface area contributed by atoms with E-state index in [4.69, 9.17) is 0 Å². The number of likely N-dealkylation sites (tertiary alicyclic amines) is 1. The van der Waals surface area contributed by atoms with Crippen molar-refractivity contribution in [2.24, 2.45) is 5.92 Å². The Hall–Kier alpha value is -2.51. The van der Waals surface area contributed by atoms with Crippen LogP contribution in [-0.4, -0.2) is 55.5 Å². The molecule has 31 heavy (non-hydrogen) atoms. The maximum absolute atomic E-state index is 13.2. The standard InChI is InChI=1S/C24H28N2O4S/c1-18-9-10-21(31(29,30)26-13-5-6-14-26)17-22(18)24(28)25-15-11-20(12-16-25)23(27)19-7-3-2-4-8-19/h2-4,7-10,17,20H,5-6,11-16H2,1H3. The molecule has 0 N–H and O–H groups in total. The fourth-order valence-electron chi connectivity index (χ4n) is 4.42. The van der Waals surface area contributed by atoms with Gasteiger partial charge in [0.25, 0.3) is 5.91 Å². The SMILES string of the molecule is Cc1ccc(S(=O)(=O)N2CCCC2)cc1C(=O)N1CCC(C(=O)c2ccccc2)CC1. The molecule has 0 aromatic heterocycles. The predicted octanol–water partition coefficient (Wildman–Crippen LogP) is 3.51. The molecule has 4 rings (SSSR count). The van der Waals surface area contributed by atoms with E-state index in [0.29, 0.717) is 50.1 Å². The van der Waals surface area contributed by atoms with Crippen LogP contribution >= 0.6 is 0 Å². The van der Waals surface area contributed by atoms with Crippen LogP contribution in [0.5, 0.6) is 0 Å². The summed E-state index contributed by atoms with van der Waals surface area (Å²) in [5.41, 5.74) is 1.89. The van der Waals surface area contributed by atoms with Crippen LogP contribution < -0.4 is 0 Å². The summed E-state index contributed by atoms with van der Waals surface area (Å²) in [7, 11) is -3.57. The molecule has 2 heterocycles. The van der Waals surface area contributed by atoms with E-state index in [0.717, 1.165) is 18.4 Å². The average Bonchev–Trinajstić information content (AvgIpc) is 3.35.